The summed E-state index contributed by atoms with van der Waals surface area (Å²) < 4.78 is 70.9. The predicted molar refractivity (Wildman–Crippen MR) is 117 cm³/mol. The number of nitriles is 1. The van der Waals surface area contributed by atoms with Crippen LogP contribution >= 0.6 is 0 Å². The SMILES string of the molecule is CCNc1cc(F)c(F)c2c1Cc1ncc(-c3cncc(C#N)c3)c(-n3ccc(C(F)(F)F)n3)c1-2. The molecule has 1 aliphatic carbocycles. The van der Waals surface area contributed by atoms with E-state index in [1.54, 1.807) is 6.92 Å². The molecule has 0 bridgehead atoms. The standard InChI is InChI=1S/C24H15F5N6/c1-2-32-17-7-16(25)22(26)20-14(17)6-18-21(20)23(35-4-3-19(34-35)24(27,28)29)15(11-33-18)13-5-12(8-30)9-31-10-13/h3-5,7,9-11,32H,2,6H2,1H3. The van der Waals surface area contributed by atoms with E-state index in [1.807, 2.05) is 6.07 Å². The van der Waals surface area contributed by atoms with E-state index >= 15 is 4.39 Å². The molecule has 1 N–H and O–H groups in total. The summed E-state index contributed by atoms with van der Waals surface area (Å²) in [6.45, 7) is 2.25. The highest BCUT2D eigenvalue weighted by molar-refractivity contribution is 5.92. The molecule has 0 aliphatic heterocycles. The Kier molecular flexibility index (Phi) is 5.24. The number of benzene rings is 1. The second kappa shape index (κ2) is 8.16. The van der Waals surface area contributed by atoms with Crippen molar-refractivity contribution in [2.24, 2.45) is 0 Å². The molecule has 1 aliphatic rings. The molecule has 6 nitrogen and oxygen atoms in total. The normalized spacial score (nSPS) is 12.3. The predicted octanol–water partition coefficient (Wildman–Crippen LogP) is 5.50. The third-order valence-electron chi connectivity index (χ3n) is 5.71. The van der Waals surface area contributed by atoms with Gasteiger partial charge in [-0.25, -0.2) is 13.5 Å². The molecule has 0 saturated heterocycles. The van der Waals surface area contributed by atoms with Crippen LogP contribution < -0.4 is 5.32 Å². The van der Waals surface area contributed by atoms with Crippen molar-refractivity contribution < 1.29 is 22.0 Å². The fraction of sp³-hybridized carbons (Fsp3) is 0.167. The first-order valence-corrected chi connectivity index (χ1v) is 10.5. The molecule has 0 amide bonds. The van der Waals surface area contributed by atoms with Gasteiger partial charge in [0.25, 0.3) is 0 Å². The van der Waals surface area contributed by atoms with Crippen molar-refractivity contribution in [2.45, 2.75) is 19.5 Å². The van der Waals surface area contributed by atoms with Gasteiger partial charge < -0.3 is 5.32 Å². The number of aromatic nitrogens is 4. The Labute approximate surface area is 195 Å². The monoisotopic (exact) mass is 482 g/mol. The van der Waals surface area contributed by atoms with Gasteiger partial charge in [-0.15, -0.1) is 0 Å². The lowest BCUT2D eigenvalue weighted by Crippen LogP contribution is -2.09. The van der Waals surface area contributed by atoms with Gasteiger partial charge in [-0.1, -0.05) is 0 Å². The minimum atomic E-state index is -4.71. The lowest BCUT2D eigenvalue weighted by Gasteiger charge is -2.16. The summed E-state index contributed by atoms with van der Waals surface area (Å²) in [5.41, 5.74) is 0.963. The number of fused-ring (bicyclic) bond motifs is 3. The third-order valence-corrected chi connectivity index (χ3v) is 5.71. The summed E-state index contributed by atoms with van der Waals surface area (Å²) in [7, 11) is 0. The molecule has 0 fully saturated rings. The Balaban J connectivity index is 1.86. The second-order valence-corrected chi connectivity index (χ2v) is 7.84. The Morgan fingerprint density at radius 2 is 1.94 bits per heavy atom. The van der Waals surface area contributed by atoms with Crippen LogP contribution in [-0.2, 0) is 12.6 Å². The van der Waals surface area contributed by atoms with Gasteiger partial charge in [0.05, 0.1) is 16.9 Å². The number of anilines is 1. The van der Waals surface area contributed by atoms with E-state index in [9.17, 15) is 22.8 Å². The lowest BCUT2D eigenvalue weighted by molar-refractivity contribution is -0.141. The first-order chi connectivity index (χ1) is 16.7. The zero-order valence-electron chi connectivity index (χ0n) is 18.1. The van der Waals surface area contributed by atoms with Gasteiger partial charge in [-0.3, -0.25) is 9.97 Å². The Morgan fingerprint density at radius 3 is 2.63 bits per heavy atom. The summed E-state index contributed by atoms with van der Waals surface area (Å²) in [5, 5.41) is 16.0. The number of hydrogen-bond acceptors (Lipinski definition) is 5. The highest BCUT2D eigenvalue weighted by Gasteiger charge is 2.36. The van der Waals surface area contributed by atoms with Gasteiger partial charge in [0.1, 0.15) is 6.07 Å². The minimum absolute atomic E-state index is 0.0769. The van der Waals surface area contributed by atoms with Crippen molar-refractivity contribution in [3.8, 4) is 34.0 Å². The van der Waals surface area contributed by atoms with Crippen LogP contribution in [0.2, 0.25) is 0 Å². The first kappa shape index (κ1) is 22.5. The van der Waals surface area contributed by atoms with Crippen LogP contribution in [-0.4, -0.2) is 26.3 Å². The lowest BCUT2D eigenvalue weighted by atomic mass is 9.98. The first-order valence-electron chi connectivity index (χ1n) is 10.5. The fourth-order valence-electron chi connectivity index (χ4n) is 4.26. The maximum absolute atomic E-state index is 15.2. The third kappa shape index (κ3) is 3.67. The molecule has 3 heterocycles. The zero-order valence-corrected chi connectivity index (χ0v) is 18.1. The smallest absolute Gasteiger partial charge is 0.385 e. The van der Waals surface area contributed by atoms with Crippen LogP contribution in [0.25, 0.3) is 27.9 Å². The van der Waals surface area contributed by atoms with Crippen LogP contribution in [0.5, 0.6) is 0 Å². The van der Waals surface area contributed by atoms with Crippen molar-refractivity contribution in [3.63, 3.8) is 0 Å². The topological polar surface area (TPSA) is 79.4 Å². The van der Waals surface area contributed by atoms with E-state index in [-0.39, 0.29) is 34.4 Å². The van der Waals surface area contributed by atoms with Crippen molar-refractivity contribution in [3.05, 3.63) is 77.1 Å². The van der Waals surface area contributed by atoms with Crippen LogP contribution in [0, 0.1) is 23.0 Å². The Morgan fingerprint density at radius 1 is 1.14 bits per heavy atom. The summed E-state index contributed by atoms with van der Waals surface area (Å²) >= 11 is 0. The molecule has 5 rings (SSSR count). The average Bonchev–Trinajstić information content (AvgIpc) is 3.48. The largest absolute Gasteiger partial charge is 0.435 e. The Hall–Kier alpha value is -4.33. The Bertz CT molecular complexity index is 1520. The number of nitrogens with one attached hydrogen (secondary N) is 1. The maximum Gasteiger partial charge on any atom is 0.435 e. The molecule has 35 heavy (non-hydrogen) atoms. The molecular weight excluding hydrogens is 467 g/mol. The number of rotatable bonds is 4. The fourth-order valence-corrected chi connectivity index (χ4v) is 4.26. The van der Waals surface area contributed by atoms with Gasteiger partial charge in [0, 0.05) is 71.8 Å². The van der Waals surface area contributed by atoms with Crippen molar-refractivity contribution in [1.82, 2.24) is 19.7 Å². The maximum atomic E-state index is 15.2. The van der Waals surface area contributed by atoms with E-state index in [2.05, 4.69) is 20.4 Å². The molecule has 176 valence electrons. The number of pyridine rings is 2. The molecule has 4 aromatic rings. The summed E-state index contributed by atoms with van der Waals surface area (Å²) in [5.74, 6) is -2.24. The highest BCUT2D eigenvalue weighted by atomic mass is 19.4. The zero-order chi connectivity index (χ0) is 24.9. The van der Waals surface area contributed by atoms with Crippen LogP contribution in [0.3, 0.4) is 0 Å². The average molecular weight is 482 g/mol. The molecule has 3 aromatic heterocycles. The quantitative estimate of drug-likeness (QED) is 0.342. The van der Waals surface area contributed by atoms with E-state index in [1.165, 1.54) is 24.7 Å². The van der Waals surface area contributed by atoms with Gasteiger partial charge in [0.2, 0.25) is 0 Å². The molecule has 0 saturated carbocycles. The van der Waals surface area contributed by atoms with Crippen LogP contribution in [0.15, 0.2) is 43.0 Å². The number of alkyl halides is 3. The minimum Gasteiger partial charge on any atom is -0.385 e. The van der Waals surface area contributed by atoms with Crippen molar-refractivity contribution in [2.75, 3.05) is 11.9 Å². The number of hydrogen-bond donors (Lipinski definition) is 1. The molecule has 1 aromatic carbocycles. The molecule has 0 spiro atoms. The van der Waals surface area contributed by atoms with Gasteiger partial charge in [-0.05, 0) is 24.6 Å². The number of halogens is 5. The van der Waals surface area contributed by atoms with Crippen molar-refractivity contribution >= 4 is 5.69 Å². The summed E-state index contributed by atoms with van der Waals surface area (Å²) in [6, 6.07) is 5.29. The molecule has 0 radical (unpaired) electrons. The second-order valence-electron chi connectivity index (χ2n) is 7.84. The highest BCUT2D eigenvalue weighted by Crippen LogP contribution is 2.47. The molecule has 0 atom stereocenters. The summed E-state index contributed by atoms with van der Waals surface area (Å²) in [6.07, 6.45) is 0.674. The number of nitrogens with zero attached hydrogens (tertiary/aromatic N) is 5. The van der Waals surface area contributed by atoms with Gasteiger partial charge in [0.15, 0.2) is 17.3 Å². The van der Waals surface area contributed by atoms with Gasteiger partial charge in [-0.2, -0.15) is 23.5 Å². The van der Waals surface area contributed by atoms with Crippen LogP contribution in [0.1, 0.15) is 29.4 Å². The van der Waals surface area contributed by atoms with Gasteiger partial charge >= 0.3 is 6.18 Å². The van der Waals surface area contributed by atoms with E-state index in [0.29, 0.717) is 29.1 Å². The van der Waals surface area contributed by atoms with Crippen LogP contribution in [0.4, 0.5) is 27.6 Å². The molecule has 11 heteroatoms. The summed E-state index contributed by atoms with van der Waals surface area (Å²) in [4.78, 5) is 8.44. The van der Waals surface area contributed by atoms with E-state index < -0.39 is 23.5 Å². The van der Waals surface area contributed by atoms with Crippen molar-refractivity contribution in [1.29, 1.82) is 5.26 Å². The molecular formula is C24H15F5N6. The molecule has 0 unspecified atom stereocenters. The van der Waals surface area contributed by atoms with E-state index in [0.717, 1.165) is 23.0 Å². The van der Waals surface area contributed by atoms with E-state index in [4.69, 9.17) is 0 Å².